The lowest BCUT2D eigenvalue weighted by molar-refractivity contribution is 0.0158. The summed E-state index contributed by atoms with van der Waals surface area (Å²) < 4.78 is 34.7. The first-order chi connectivity index (χ1) is 19.5. The monoisotopic (exact) mass is 601 g/mol. The van der Waals surface area contributed by atoms with Crippen molar-refractivity contribution in [2.75, 3.05) is 18.4 Å². The van der Waals surface area contributed by atoms with Crippen LogP contribution in [0.2, 0.25) is 10.0 Å². The van der Waals surface area contributed by atoms with Crippen molar-refractivity contribution in [3.63, 3.8) is 0 Å². The van der Waals surface area contributed by atoms with Crippen LogP contribution in [0.5, 0.6) is 0 Å². The van der Waals surface area contributed by atoms with Crippen LogP contribution >= 0.6 is 23.2 Å². The second kappa shape index (κ2) is 11.8. The van der Waals surface area contributed by atoms with E-state index < -0.39 is 17.2 Å². The van der Waals surface area contributed by atoms with Crippen LogP contribution in [0.25, 0.3) is 22.3 Å². The molecule has 1 atom stereocenters. The maximum atomic E-state index is 13.7. The van der Waals surface area contributed by atoms with E-state index >= 15 is 0 Å². The van der Waals surface area contributed by atoms with Gasteiger partial charge in [0.25, 0.3) is 0 Å². The molecular weight excluding hydrogens is 571 g/mol. The average Bonchev–Trinajstić information content (AvgIpc) is 3.25. The van der Waals surface area contributed by atoms with Gasteiger partial charge in [0.1, 0.15) is 11.2 Å². The minimum absolute atomic E-state index is 0.144. The number of ether oxygens (including phenoxy) is 1. The fourth-order valence-electron chi connectivity index (χ4n) is 5.03. The van der Waals surface area contributed by atoms with Crippen molar-refractivity contribution in [2.45, 2.75) is 52.3 Å². The molecule has 1 aliphatic rings. The Hall–Kier alpha value is -3.43. The smallest absolute Gasteiger partial charge is 0.410 e. The highest BCUT2D eigenvalue weighted by molar-refractivity contribution is 6.36. The van der Waals surface area contributed by atoms with Crippen LogP contribution in [0.1, 0.15) is 39.2 Å². The minimum Gasteiger partial charge on any atom is -0.444 e. The number of anilines is 1. The third-order valence-corrected chi connectivity index (χ3v) is 7.44. The first kappa shape index (κ1) is 29.1. The normalized spacial score (nSPS) is 15.8. The summed E-state index contributed by atoms with van der Waals surface area (Å²) in [4.78, 5) is 23.8. The van der Waals surface area contributed by atoms with Crippen LogP contribution in [-0.2, 0) is 17.8 Å². The lowest BCUT2D eigenvalue weighted by Crippen LogP contribution is -2.43. The number of rotatable bonds is 6. The molecule has 1 saturated heterocycles. The van der Waals surface area contributed by atoms with E-state index in [0.717, 1.165) is 41.6 Å². The Balaban J connectivity index is 1.46. The number of halogens is 4. The molecule has 0 aliphatic carbocycles. The van der Waals surface area contributed by atoms with Crippen molar-refractivity contribution in [1.29, 1.82) is 0 Å². The molecule has 3 heterocycles. The van der Waals surface area contributed by atoms with E-state index in [1.165, 1.54) is 6.07 Å². The number of hydrogen-bond donors (Lipinski definition) is 1. The first-order valence-corrected chi connectivity index (χ1v) is 14.2. The van der Waals surface area contributed by atoms with Gasteiger partial charge in [-0.15, -0.1) is 0 Å². The number of aromatic nitrogens is 3. The second-order valence-corrected chi connectivity index (χ2v) is 12.1. The molecule has 0 spiro atoms. The summed E-state index contributed by atoms with van der Waals surface area (Å²) in [6.45, 7) is 7.57. The molecule has 7 nitrogen and oxygen atoms in total. The quantitative estimate of drug-likeness (QED) is 0.243. The largest absolute Gasteiger partial charge is 0.444 e. The van der Waals surface area contributed by atoms with E-state index in [2.05, 4.69) is 14.9 Å². The molecule has 5 rings (SSSR count). The molecule has 11 heteroatoms. The van der Waals surface area contributed by atoms with E-state index in [-0.39, 0.29) is 18.6 Å². The van der Waals surface area contributed by atoms with Gasteiger partial charge in [-0.1, -0.05) is 29.3 Å². The van der Waals surface area contributed by atoms with Gasteiger partial charge in [0.2, 0.25) is 5.95 Å². The van der Waals surface area contributed by atoms with Gasteiger partial charge in [0.05, 0.1) is 10.7 Å². The zero-order valence-corrected chi connectivity index (χ0v) is 24.6. The number of carbonyl (C=O) groups is 1. The van der Waals surface area contributed by atoms with Gasteiger partial charge < -0.3 is 19.5 Å². The summed E-state index contributed by atoms with van der Waals surface area (Å²) in [5.74, 6) is -1.32. The van der Waals surface area contributed by atoms with Gasteiger partial charge in [-0.25, -0.2) is 18.6 Å². The van der Waals surface area contributed by atoms with Crippen LogP contribution in [0.3, 0.4) is 0 Å². The highest BCUT2D eigenvalue weighted by Gasteiger charge is 2.29. The van der Waals surface area contributed by atoms with E-state index in [9.17, 15) is 13.6 Å². The Bertz CT molecular complexity index is 1590. The van der Waals surface area contributed by atoms with Crippen molar-refractivity contribution >= 4 is 46.3 Å². The summed E-state index contributed by atoms with van der Waals surface area (Å²) in [6, 6.07) is 11.1. The Morgan fingerprint density at radius 3 is 2.66 bits per heavy atom. The number of benzene rings is 2. The zero-order valence-electron chi connectivity index (χ0n) is 23.1. The number of likely N-dealkylation sites (tertiary alicyclic amines) is 1. The van der Waals surface area contributed by atoms with Gasteiger partial charge in [-0.3, -0.25) is 0 Å². The van der Waals surface area contributed by atoms with E-state index in [1.807, 2.05) is 32.9 Å². The summed E-state index contributed by atoms with van der Waals surface area (Å²) in [5.41, 5.74) is 2.32. The Morgan fingerprint density at radius 1 is 1.12 bits per heavy atom. The van der Waals surface area contributed by atoms with Crippen molar-refractivity contribution in [1.82, 2.24) is 19.4 Å². The number of hydrogen-bond acceptors (Lipinski definition) is 5. The number of nitrogens with zero attached hydrogens (tertiary/aromatic N) is 4. The van der Waals surface area contributed by atoms with Gasteiger partial charge in [0.15, 0.2) is 11.6 Å². The number of nitrogens with one attached hydrogen (secondary N) is 1. The molecule has 2 aromatic heterocycles. The van der Waals surface area contributed by atoms with Gasteiger partial charge in [0, 0.05) is 48.3 Å². The fraction of sp³-hybridized carbons (Fsp3) is 0.367. The molecule has 2 aromatic carbocycles. The lowest BCUT2D eigenvalue weighted by atomic mass is 9.98. The molecule has 1 N–H and O–H groups in total. The maximum absolute atomic E-state index is 13.7. The highest BCUT2D eigenvalue weighted by atomic mass is 35.5. The standard InChI is InChI=1S/C30H31Cl2F2N5O2/c1-30(2,3)41-29(40)38-10-4-5-19(16-38)17-39-26(22-8-7-21(31)13-23(22)32)12-20-15-36-28(37-27(20)39)35-14-18-6-9-24(33)25(34)11-18/h6-9,11-13,15,19H,4-5,10,14,16-17H2,1-3H3,(H,35,36,37)/t19-/m1/s1. The molecule has 4 aromatic rings. The zero-order chi connectivity index (χ0) is 29.3. The van der Waals surface area contributed by atoms with Crippen LogP contribution in [0, 0.1) is 17.6 Å². The van der Waals surface area contributed by atoms with Crippen LogP contribution < -0.4 is 5.32 Å². The molecule has 1 aliphatic heterocycles. The molecular formula is C30H31Cl2F2N5O2. The van der Waals surface area contributed by atoms with Crippen molar-refractivity contribution in [2.24, 2.45) is 5.92 Å². The molecule has 1 fully saturated rings. The topological polar surface area (TPSA) is 72.3 Å². The predicted octanol–water partition coefficient (Wildman–Crippen LogP) is 7.94. The SMILES string of the molecule is CC(C)(C)OC(=O)N1CCC[C@@H](Cn2c(-c3ccc(Cl)cc3Cl)cc3cnc(NCc4ccc(F)c(F)c4)nc32)C1. The first-order valence-electron chi connectivity index (χ1n) is 13.4. The van der Waals surface area contributed by atoms with E-state index in [4.69, 9.17) is 32.9 Å². The number of amides is 1. The number of carbonyl (C=O) groups excluding carboxylic acids is 1. The molecule has 41 heavy (non-hydrogen) atoms. The van der Waals surface area contributed by atoms with Crippen LogP contribution in [0.15, 0.2) is 48.7 Å². The van der Waals surface area contributed by atoms with Crippen LogP contribution in [0.4, 0.5) is 19.5 Å². The predicted molar refractivity (Wildman–Crippen MR) is 157 cm³/mol. The van der Waals surface area contributed by atoms with E-state index in [0.29, 0.717) is 46.8 Å². The number of piperidine rings is 1. The van der Waals surface area contributed by atoms with Gasteiger partial charge >= 0.3 is 6.09 Å². The second-order valence-electron chi connectivity index (χ2n) is 11.3. The average molecular weight is 603 g/mol. The summed E-state index contributed by atoms with van der Waals surface area (Å²) in [7, 11) is 0. The molecule has 216 valence electrons. The maximum Gasteiger partial charge on any atom is 0.410 e. The number of fused-ring (bicyclic) bond motifs is 1. The summed E-state index contributed by atoms with van der Waals surface area (Å²) >= 11 is 12.8. The summed E-state index contributed by atoms with van der Waals surface area (Å²) in [6.07, 6.45) is 3.19. The van der Waals surface area contributed by atoms with E-state index in [1.54, 1.807) is 23.2 Å². The van der Waals surface area contributed by atoms with Crippen molar-refractivity contribution in [3.05, 3.63) is 75.9 Å². The van der Waals surface area contributed by atoms with Gasteiger partial charge in [-0.05, 0) is 81.5 Å². The van der Waals surface area contributed by atoms with Crippen molar-refractivity contribution in [3.8, 4) is 11.3 Å². The molecule has 1 amide bonds. The minimum atomic E-state index is -0.910. The van der Waals surface area contributed by atoms with Gasteiger partial charge in [-0.2, -0.15) is 4.98 Å². The third kappa shape index (κ3) is 6.90. The highest BCUT2D eigenvalue weighted by Crippen LogP contribution is 2.35. The fourth-order valence-corrected chi connectivity index (χ4v) is 5.53. The Kier molecular flexibility index (Phi) is 8.38. The molecule has 0 radical (unpaired) electrons. The Morgan fingerprint density at radius 2 is 1.93 bits per heavy atom. The molecule has 0 saturated carbocycles. The lowest BCUT2D eigenvalue weighted by Gasteiger charge is -2.34. The Labute approximate surface area is 247 Å². The third-order valence-electron chi connectivity index (χ3n) is 6.89. The summed E-state index contributed by atoms with van der Waals surface area (Å²) in [5, 5.41) is 4.95. The van der Waals surface area contributed by atoms with Crippen molar-refractivity contribution < 1.29 is 18.3 Å². The molecule has 0 bridgehead atoms. The van der Waals surface area contributed by atoms with Crippen LogP contribution in [-0.4, -0.2) is 44.2 Å². The molecule has 0 unspecified atom stereocenters.